The second-order valence-corrected chi connectivity index (χ2v) is 26.5. The van der Waals surface area contributed by atoms with Gasteiger partial charge in [-0.3, -0.25) is 0 Å². The number of sulfone groups is 4. The van der Waals surface area contributed by atoms with Gasteiger partial charge in [-0.05, 0) is 116 Å². The van der Waals surface area contributed by atoms with Gasteiger partial charge in [-0.1, -0.05) is 152 Å². The van der Waals surface area contributed by atoms with Gasteiger partial charge in [0, 0.05) is 21.9 Å². The Labute approximate surface area is 454 Å². The van der Waals surface area contributed by atoms with Crippen LogP contribution in [0.3, 0.4) is 0 Å². The Hall–Kier alpha value is -8.06. The van der Waals surface area contributed by atoms with Crippen LogP contribution < -0.4 is 0 Å². The number of halogens is 12. The average molecular weight is 1210 g/mol. The molecule has 12 aromatic carbocycles. The topological polar surface area (TPSA) is 137 Å². The first kappa shape index (κ1) is 54.5. The van der Waals surface area contributed by atoms with E-state index in [-0.39, 0.29) is 75.4 Å². The van der Waals surface area contributed by atoms with Crippen LogP contribution in [0, 0.1) is 0 Å². The third-order valence-corrected chi connectivity index (χ3v) is 21.1. The van der Waals surface area contributed by atoms with E-state index in [9.17, 15) is 33.7 Å². The molecule has 0 spiro atoms. The van der Waals surface area contributed by atoms with Gasteiger partial charge < -0.3 is 0 Å². The predicted molar refractivity (Wildman–Crippen MR) is 288 cm³/mol. The third kappa shape index (κ3) is 7.62. The van der Waals surface area contributed by atoms with Gasteiger partial charge in [0.1, 0.15) is 19.6 Å². The highest BCUT2D eigenvalue weighted by Crippen LogP contribution is 2.54. The minimum absolute atomic E-state index is 0.00431. The molecular formula is C58H28F12O8S4. The van der Waals surface area contributed by atoms with Crippen molar-refractivity contribution in [1.82, 2.24) is 0 Å². The van der Waals surface area contributed by atoms with Crippen LogP contribution in [-0.4, -0.2) is 55.7 Å². The van der Waals surface area contributed by atoms with Crippen molar-refractivity contribution >= 4 is 136 Å². The smallest absolute Gasteiger partial charge is 0.214 e. The van der Waals surface area contributed by atoms with Crippen molar-refractivity contribution in [3.63, 3.8) is 0 Å². The van der Waals surface area contributed by atoms with E-state index in [4.69, 9.17) is 0 Å². The Morgan fingerprint density at radius 2 is 0.488 bits per heavy atom. The van der Waals surface area contributed by atoms with Gasteiger partial charge in [-0.2, -0.15) is 52.7 Å². The van der Waals surface area contributed by atoms with Crippen LogP contribution in [0.2, 0.25) is 0 Å². The maximum absolute atomic E-state index is 15.4. The fourth-order valence-electron chi connectivity index (χ4n) is 11.3. The first-order chi connectivity index (χ1) is 38.3. The molecule has 0 aliphatic carbocycles. The molecule has 12 rings (SSSR count). The summed E-state index contributed by atoms with van der Waals surface area (Å²) in [6, 6.07) is 35.1. The Morgan fingerprint density at radius 3 is 0.866 bits per heavy atom. The maximum atomic E-state index is 15.4. The molecule has 0 amide bonds. The Kier molecular flexibility index (Phi) is 11.8. The van der Waals surface area contributed by atoms with Gasteiger partial charge in [0.15, 0.2) is 0 Å². The number of rotatable bonds is 6. The molecule has 24 heteroatoms. The standard InChI is InChI=1S/C58H28F12O8S4/c59-55(60,61)79(71,72)51-43(27-45-35-17-3-1-12-30(35)32-14-6-9-20-39(32)49(45)53(51)81(75,76)57(65,66)67)29-24-25-37-34-16-5-8-19-38(34)48-41(44(37)26-29)22-11-23-42(48)47-28-46-36-18-4-2-13-31(36)33-15-7-10-21-40(33)50(46)54(82(77,78)58(68,69)70)52(47)80(73,74)56(62,63)64/h1-28H. The highest BCUT2D eigenvalue weighted by atomic mass is 32.2. The number of hydrogen-bond donors (Lipinski definition) is 0. The molecule has 82 heavy (non-hydrogen) atoms. The predicted octanol–water partition coefficient (Wildman–Crippen LogP) is 16.6. The van der Waals surface area contributed by atoms with E-state index in [1.165, 1.54) is 121 Å². The lowest BCUT2D eigenvalue weighted by Crippen LogP contribution is -2.30. The van der Waals surface area contributed by atoms with Crippen LogP contribution in [0.4, 0.5) is 52.7 Å². The van der Waals surface area contributed by atoms with Gasteiger partial charge in [0.2, 0.25) is 0 Å². The third-order valence-electron chi connectivity index (χ3n) is 14.6. The summed E-state index contributed by atoms with van der Waals surface area (Å²) in [4.78, 5) is -9.19. The highest BCUT2D eigenvalue weighted by Gasteiger charge is 2.58. The highest BCUT2D eigenvalue weighted by molar-refractivity contribution is 7.96. The van der Waals surface area contributed by atoms with Crippen molar-refractivity contribution in [2.24, 2.45) is 0 Å². The van der Waals surface area contributed by atoms with Crippen LogP contribution in [0.5, 0.6) is 0 Å². The molecule has 0 aromatic heterocycles. The molecule has 0 fully saturated rings. The number of fused-ring (bicyclic) bond motifs is 18. The first-order valence-corrected chi connectivity index (χ1v) is 29.7. The summed E-state index contributed by atoms with van der Waals surface area (Å²) < 4.78 is 296. The van der Waals surface area contributed by atoms with E-state index in [1.807, 2.05) is 0 Å². The van der Waals surface area contributed by atoms with Gasteiger partial charge in [0.25, 0.3) is 39.3 Å². The summed E-state index contributed by atoms with van der Waals surface area (Å²) in [6.07, 6.45) is 0. The van der Waals surface area contributed by atoms with Crippen molar-refractivity contribution in [3.05, 3.63) is 170 Å². The molecule has 0 aliphatic rings. The molecule has 0 heterocycles. The molecule has 8 nitrogen and oxygen atoms in total. The molecule has 0 unspecified atom stereocenters. The molecule has 0 saturated carbocycles. The number of benzene rings is 12. The van der Waals surface area contributed by atoms with Gasteiger partial charge >= 0.3 is 22.0 Å². The van der Waals surface area contributed by atoms with Crippen molar-refractivity contribution in [2.75, 3.05) is 0 Å². The van der Waals surface area contributed by atoms with E-state index >= 15 is 52.7 Å². The molecule has 0 atom stereocenters. The van der Waals surface area contributed by atoms with Gasteiger partial charge in [-0.25, -0.2) is 33.7 Å². The summed E-state index contributed by atoms with van der Waals surface area (Å²) in [7, 11) is -28.7. The zero-order valence-electron chi connectivity index (χ0n) is 40.6. The lowest BCUT2D eigenvalue weighted by Gasteiger charge is -2.24. The summed E-state index contributed by atoms with van der Waals surface area (Å²) in [5, 5.41) is -3.97. The molecule has 0 aliphatic heterocycles. The maximum Gasteiger partial charge on any atom is 0.501 e. The molecule has 0 saturated heterocycles. The van der Waals surface area contributed by atoms with Crippen molar-refractivity contribution < 1.29 is 86.4 Å². The van der Waals surface area contributed by atoms with Crippen LogP contribution in [0.1, 0.15) is 0 Å². The van der Waals surface area contributed by atoms with Crippen molar-refractivity contribution in [2.45, 2.75) is 41.6 Å². The molecule has 0 bridgehead atoms. The lowest BCUT2D eigenvalue weighted by molar-refractivity contribution is -0.0455. The van der Waals surface area contributed by atoms with Crippen LogP contribution in [0.25, 0.3) is 119 Å². The number of hydrogen-bond acceptors (Lipinski definition) is 8. The van der Waals surface area contributed by atoms with E-state index < -0.39 is 125 Å². The summed E-state index contributed by atoms with van der Waals surface area (Å²) in [5.41, 5.74) is -29.7. The normalized spacial score (nSPS) is 13.8. The average Bonchev–Trinajstić information content (AvgIpc) is 1.41. The second kappa shape index (κ2) is 17.7. The molecular weight excluding hydrogens is 1180 g/mol. The molecule has 12 aromatic rings. The first-order valence-electron chi connectivity index (χ1n) is 23.8. The fourth-order valence-corrected chi connectivity index (χ4v) is 16.9. The van der Waals surface area contributed by atoms with Crippen molar-refractivity contribution in [1.29, 1.82) is 0 Å². The molecule has 0 N–H and O–H groups in total. The van der Waals surface area contributed by atoms with E-state index in [1.54, 1.807) is 0 Å². The van der Waals surface area contributed by atoms with Crippen LogP contribution >= 0.6 is 0 Å². The van der Waals surface area contributed by atoms with Gasteiger partial charge in [-0.15, -0.1) is 0 Å². The summed E-state index contributed by atoms with van der Waals surface area (Å²) in [5.74, 6) is 0. The largest absolute Gasteiger partial charge is 0.501 e. The van der Waals surface area contributed by atoms with E-state index in [0.29, 0.717) is 0 Å². The monoisotopic (exact) mass is 1210 g/mol. The summed E-state index contributed by atoms with van der Waals surface area (Å²) in [6.45, 7) is 0. The van der Waals surface area contributed by atoms with E-state index in [2.05, 4.69) is 0 Å². The lowest BCUT2D eigenvalue weighted by atomic mass is 9.86. The van der Waals surface area contributed by atoms with E-state index in [0.717, 1.165) is 48.5 Å². The zero-order chi connectivity index (χ0) is 58.8. The molecule has 416 valence electrons. The van der Waals surface area contributed by atoms with Crippen molar-refractivity contribution in [3.8, 4) is 22.3 Å². The number of alkyl halides is 12. The zero-order valence-corrected chi connectivity index (χ0v) is 43.9. The minimum Gasteiger partial charge on any atom is -0.214 e. The van der Waals surface area contributed by atoms with Crippen LogP contribution in [-0.2, 0) is 39.3 Å². The van der Waals surface area contributed by atoms with Gasteiger partial charge in [0.05, 0.1) is 0 Å². The Bertz CT molecular complexity index is 5350. The Balaban J connectivity index is 1.31. The minimum atomic E-state index is -7.21. The second-order valence-electron chi connectivity index (χ2n) is 19.0. The Morgan fingerprint density at radius 1 is 0.220 bits per heavy atom. The van der Waals surface area contributed by atoms with Crippen LogP contribution in [0.15, 0.2) is 189 Å². The summed E-state index contributed by atoms with van der Waals surface area (Å²) >= 11 is 0. The quantitative estimate of drug-likeness (QED) is 0.119. The fraction of sp³-hybridized carbons (Fsp3) is 0.0690. The molecule has 0 radical (unpaired) electrons. The SMILES string of the molecule is O=S(=O)(c1c(-c2ccc3c4ccccc4c4c(-c5cc6c7ccccc7c7ccccc7c6c(S(=O)(=O)C(F)(F)F)c5S(=O)(=O)C(F)(F)F)cccc4c3c2)cc2c3ccccc3c3ccccc3c2c1S(=O)(=O)C(F)(F)F)C(F)(F)F.